The zero-order valence-electron chi connectivity index (χ0n) is 9.59. The van der Waals surface area contributed by atoms with Crippen LogP contribution >= 0.6 is 0 Å². The van der Waals surface area contributed by atoms with Crippen molar-refractivity contribution in [1.82, 2.24) is 4.98 Å². The molecule has 2 rings (SSSR count). The van der Waals surface area contributed by atoms with Crippen LogP contribution in [0.3, 0.4) is 0 Å². The topological polar surface area (TPSA) is 91.1 Å². The molecule has 1 heterocycles. The van der Waals surface area contributed by atoms with Crippen LogP contribution in [0.15, 0.2) is 42.7 Å². The van der Waals surface area contributed by atoms with E-state index in [0.717, 1.165) is 5.56 Å². The van der Waals surface area contributed by atoms with E-state index in [2.05, 4.69) is 10.3 Å². The summed E-state index contributed by atoms with van der Waals surface area (Å²) in [6, 6.07) is 8.24. The van der Waals surface area contributed by atoms with Gasteiger partial charge >= 0.3 is 0 Å². The molecular formula is C13H12N3O2-. The Kier molecular flexibility index (Phi) is 3.43. The van der Waals surface area contributed by atoms with Crippen LogP contribution in [0.2, 0.25) is 0 Å². The van der Waals surface area contributed by atoms with Gasteiger partial charge in [0, 0.05) is 18.9 Å². The van der Waals surface area contributed by atoms with Crippen LogP contribution < -0.4 is 16.2 Å². The van der Waals surface area contributed by atoms with Crippen molar-refractivity contribution < 1.29 is 9.90 Å². The molecule has 1 aromatic carbocycles. The van der Waals surface area contributed by atoms with Crippen LogP contribution in [0.4, 0.5) is 11.4 Å². The Morgan fingerprint density at radius 2 is 2.22 bits per heavy atom. The standard InChI is InChI=1S/C13H13N3O2/c14-11-6-10(13(17)18)3-4-12(11)16-8-9-2-1-5-15-7-9/h1-7,16H,8,14H2,(H,17,18)/p-1. The fourth-order valence-electron chi connectivity index (χ4n) is 1.55. The molecule has 0 amide bonds. The fourth-order valence-corrected chi connectivity index (χ4v) is 1.55. The third-order valence-corrected chi connectivity index (χ3v) is 2.49. The number of nitrogens with zero attached hydrogens (tertiary/aromatic N) is 1. The average molecular weight is 242 g/mol. The molecular weight excluding hydrogens is 230 g/mol. The smallest absolute Gasteiger partial charge is 0.0716 e. The highest BCUT2D eigenvalue weighted by Gasteiger charge is 2.01. The first kappa shape index (κ1) is 11.9. The molecule has 0 saturated carbocycles. The predicted octanol–water partition coefficient (Wildman–Crippen LogP) is 0.639. The van der Waals surface area contributed by atoms with Crippen molar-refractivity contribution in [3.63, 3.8) is 0 Å². The molecule has 0 aliphatic carbocycles. The van der Waals surface area contributed by atoms with Crippen molar-refractivity contribution in [3.8, 4) is 0 Å². The number of aromatic carboxylic acids is 1. The molecule has 0 saturated heterocycles. The summed E-state index contributed by atoms with van der Waals surface area (Å²) in [6.45, 7) is 0.572. The minimum absolute atomic E-state index is 0.0689. The van der Waals surface area contributed by atoms with Crippen molar-refractivity contribution in [2.24, 2.45) is 0 Å². The monoisotopic (exact) mass is 242 g/mol. The Bertz CT molecular complexity index is 555. The van der Waals surface area contributed by atoms with Crippen molar-refractivity contribution in [2.75, 3.05) is 11.1 Å². The normalized spacial score (nSPS) is 10.0. The van der Waals surface area contributed by atoms with Crippen LogP contribution in [-0.2, 0) is 6.54 Å². The number of nitrogen functional groups attached to an aromatic ring is 1. The second-order valence-electron chi connectivity index (χ2n) is 3.80. The van der Waals surface area contributed by atoms with Crippen molar-refractivity contribution in [2.45, 2.75) is 6.54 Å². The van der Waals surface area contributed by atoms with Gasteiger partial charge in [-0.2, -0.15) is 0 Å². The number of carboxylic acid groups (broad SMARTS) is 1. The fraction of sp³-hybridized carbons (Fsp3) is 0.0769. The quantitative estimate of drug-likeness (QED) is 0.768. The third kappa shape index (κ3) is 2.76. The van der Waals surface area contributed by atoms with Gasteiger partial charge in [0.15, 0.2) is 0 Å². The number of nitrogens with two attached hydrogens (primary N) is 1. The van der Waals surface area contributed by atoms with Crippen molar-refractivity contribution in [3.05, 3.63) is 53.9 Å². The van der Waals surface area contributed by atoms with Gasteiger partial charge in [0.2, 0.25) is 0 Å². The van der Waals surface area contributed by atoms with Gasteiger partial charge in [-0.3, -0.25) is 4.98 Å². The molecule has 2 aromatic rings. The molecule has 5 heteroatoms. The largest absolute Gasteiger partial charge is 0.545 e. The SMILES string of the molecule is Nc1cc(C(=O)[O-])ccc1NCc1cccnc1. The number of hydrogen-bond acceptors (Lipinski definition) is 5. The highest BCUT2D eigenvalue weighted by Crippen LogP contribution is 2.20. The number of anilines is 2. The molecule has 0 radical (unpaired) electrons. The molecule has 3 N–H and O–H groups in total. The van der Waals surface area contributed by atoms with Crippen molar-refractivity contribution in [1.29, 1.82) is 0 Å². The van der Waals surface area contributed by atoms with Crippen LogP contribution in [-0.4, -0.2) is 11.0 Å². The summed E-state index contributed by atoms with van der Waals surface area (Å²) in [5.41, 5.74) is 7.90. The van der Waals surface area contributed by atoms with Gasteiger partial charge in [0.25, 0.3) is 0 Å². The van der Waals surface area contributed by atoms with Gasteiger partial charge in [-0.1, -0.05) is 12.1 Å². The number of pyridine rings is 1. The van der Waals surface area contributed by atoms with Gasteiger partial charge in [-0.05, 0) is 29.3 Å². The summed E-state index contributed by atoms with van der Waals surface area (Å²) < 4.78 is 0. The van der Waals surface area contributed by atoms with Crippen LogP contribution in [0.25, 0.3) is 0 Å². The molecule has 0 atom stereocenters. The molecule has 18 heavy (non-hydrogen) atoms. The van der Waals surface area contributed by atoms with Gasteiger partial charge in [-0.15, -0.1) is 0 Å². The Balaban J connectivity index is 2.08. The molecule has 0 fully saturated rings. The number of nitrogens with one attached hydrogen (secondary N) is 1. The number of benzene rings is 1. The molecule has 5 nitrogen and oxygen atoms in total. The van der Waals surface area contributed by atoms with Gasteiger partial charge in [-0.25, -0.2) is 0 Å². The summed E-state index contributed by atoms with van der Waals surface area (Å²) in [7, 11) is 0. The van der Waals surface area contributed by atoms with E-state index in [1.807, 2.05) is 12.1 Å². The minimum atomic E-state index is -1.24. The zero-order valence-corrected chi connectivity index (χ0v) is 9.59. The van der Waals surface area contributed by atoms with E-state index in [1.54, 1.807) is 18.5 Å². The maximum atomic E-state index is 10.6. The Morgan fingerprint density at radius 1 is 1.39 bits per heavy atom. The maximum absolute atomic E-state index is 10.6. The van der Waals surface area contributed by atoms with Crippen molar-refractivity contribution >= 4 is 17.3 Å². The summed E-state index contributed by atoms with van der Waals surface area (Å²) in [5.74, 6) is -1.24. The van der Waals surface area contributed by atoms with E-state index >= 15 is 0 Å². The Labute approximate surface area is 104 Å². The first-order chi connectivity index (χ1) is 8.66. The van der Waals surface area contributed by atoms with E-state index in [0.29, 0.717) is 17.9 Å². The molecule has 1 aromatic heterocycles. The lowest BCUT2D eigenvalue weighted by molar-refractivity contribution is -0.255. The summed E-state index contributed by atoms with van der Waals surface area (Å²) >= 11 is 0. The number of carbonyl (C=O) groups excluding carboxylic acids is 1. The molecule has 0 spiro atoms. The van der Waals surface area contributed by atoms with Crippen LogP contribution in [0, 0.1) is 0 Å². The molecule has 0 aliphatic heterocycles. The lowest BCUT2D eigenvalue weighted by Gasteiger charge is -2.11. The summed E-state index contributed by atoms with van der Waals surface area (Å²) in [6.07, 6.45) is 3.45. The van der Waals surface area contributed by atoms with E-state index in [4.69, 9.17) is 5.73 Å². The first-order valence-corrected chi connectivity index (χ1v) is 5.40. The van der Waals surface area contributed by atoms with Crippen LogP contribution in [0.5, 0.6) is 0 Å². The van der Waals surface area contributed by atoms with E-state index in [-0.39, 0.29) is 5.56 Å². The predicted molar refractivity (Wildman–Crippen MR) is 66.7 cm³/mol. The average Bonchev–Trinajstić information content (AvgIpc) is 2.38. The highest BCUT2D eigenvalue weighted by molar-refractivity contribution is 5.88. The molecule has 92 valence electrons. The molecule has 0 aliphatic rings. The Morgan fingerprint density at radius 3 is 2.83 bits per heavy atom. The second kappa shape index (κ2) is 5.18. The summed E-state index contributed by atoms with van der Waals surface area (Å²) in [5, 5.41) is 13.8. The Hall–Kier alpha value is -2.56. The van der Waals surface area contributed by atoms with Gasteiger partial charge < -0.3 is 21.0 Å². The highest BCUT2D eigenvalue weighted by atomic mass is 16.4. The second-order valence-corrected chi connectivity index (χ2v) is 3.80. The first-order valence-electron chi connectivity index (χ1n) is 5.40. The van der Waals surface area contributed by atoms with E-state index in [9.17, 15) is 9.90 Å². The lowest BCUT2D eigenvalue weighted by atomic mass is 10.1. The van der Waals surface area contributed by atoms with E-state index in [1.165, 1.54) is 12.1 Å². The third-order valence-electron chi connectivity index (χ3n) is 2.49. The number of aromatic nitrogens is 1. The number of hydrogen-bond donors (Lipinski definition) is 2. The van der Waals surface area contributed by atoms with Gasteiger partial charge in [0.1, 0.15) is 0 Å². The zero-order chi connectivity index (χ0) is 13.0. The summed E-state index contributed by atoms with van der Waals surface area (Å²) in [4.78, 5) is 14.6. The van der Waals surface area contributed by atoms with E-state index < -0.39 is 5.97 Å². The van der Waals surface area contributed by atoms with Gasteiger partial charge in [0.05, 0.1) is 17.3 Å². The number of carbonyl (C=O) groups is 1. The van der Waals surface area contributed by atoms with Crippen LogP contribution in [0.1, 0.15) is 15.9 Å². The minimum Gasteiger partial charge on any atom is -0.545 e. The lowest BCUT2D eigenvalue weighted by Crippen LogP contribution is -2.22. The maximum Gasteiger partial charge on any atom is 0.0716 e. The molecule has 0 unspecified atom stereocenters. The number of carboxylic acids is 1. The number of rotatable bonds is 4. The molecule has 0 bridgehead atoms.